The summed E-state index contributed by atoms with van der Waals surface area (Å²) in [5.74, 6) is 0. The summed E-state index contributed by atoms with van der Waals surface area (Å²) in [5.41, 5.74) is 0. The quantitative estimate of drug-likeness (QED) is 0.463. The monoisotopic (exact) mass is 231 g/mol. The lowest BCUT2D eigenvalue weighted by Gasteiger charge is -2.04. The van der Waals surface area contributed by atoms with E-state index in [9.17, 15) is 8.42 Å². The molecule has 80 valence electrons. The van der Waals surface area contributed by atoms with Crippen LogP contribution in [0.4, 0.5) is 0 Å². The first-order valence-electron chi connectivity index (χ1n) is 3.72. The smallest absolute Gasteiger partial charge is 0.225 e. The Kier molecular flexibility index (Phi) is 7.59. The van der Waals surface area contributed by atoms with Gasteiger partial charge in [0.2, 0.25) is 10.0 Å². The van der Waals surface area contributed by atoms with Crippen molar-refractivity contribution in [2.45, 2.75) is 0 Å². The third kappa shape index (κ3) is 8.45. The molecule has 0 aliphatic carbocycles. The lowest BCUT2D eigenvalue weighted by atomic mass is 10.7. The number of hydrogen-bond acceptors (Lipinski definition) is 4. The van der Waals surface area contributed by atoms with Crippen LogP contribution in [-0.4, -0.2) is 47.1 Å². The van der Waals surface area contributed by atoms with Crippen LogP contribution in [0.2, 0.25) is 0 Å². The Balaban J connectivity index is 3.26. The number of hydrogen-bond donors (Lipinski definition) is 1. The molecule has 7 heteroatoms. The summed E-state index contributed by atoms with van der Waals surface area (Å²) < 4.78 is 33.5. The molecular formula is C6H14ClNO4S. The van der Waals surface area contributed by atoms with Crippen LogP contribution in [-0.2, 0) is 19.5 Å². The Bertz CT molecular complexity index is 207. The van der Waals surface area contributed by atoms with E-state index >= 15 is 0 Å². The molecule has 0 saturated carbocycles. The summed E-state index contributed by atoms with van der Waals surface area (Å²) in [6, 6.07) is 0. The van der Waals surface area contributed by atoms with Gasteiger partial charge in [-0.15, -0.1) is 11.6 Å². The first-order chi connectivity index (χ1) is 6.12. The molecule has 1 N–H and O–H groups in total. The Morgan fingerprint density at radius 2 is 2.00 bits per heavy atom. The van der Waals surface area contributed by atoms with Gasteiger partial charge in [-0.1, -0.05) is 0 Å². The molecule has 0 aromatic carbocycles. The van der Waals surface area contributed by atoms with Crippen molar-refractivity contribution in [2.75, 3.05) is 38.7 Å². The molecule has 0 spiro atoms. The van der Waals surface area contributed by atoms with Crippen LogP contribution < -0.4 is 4.72 Å². The summed E-state index contributed by atoms with van der Waals surface area (Å²) in [4.78, 5) is 0. The van der Waals surface area contributed by atoms with Gasteiger partial charge in [-0.2, -0.15) is 0 Å². The predicted molar refractivity (Wildman–Crippen MR) is 50.3 cm³/mol. The molecule has 0 rings (SSSR count). The predicted octanol–water partition coefficient (Wildman–Crippen LogP) is -0.235. The Morgan fingerprint density at radius 3 is 2.54 bits per heavy atom. The van der Waals surface area contributed by atoms with Crippen LogP contribution in [0, 0.1) is 0 Å². The lowest BCUT2D eigenvalue weighted by molar-refractivity contribution is 0.0736. The van der Waals surface area contributed by atoms with E-state index in [1.807, 2.05) is 0 Å². The minimum Gasteiger partial charge on any atom is -0.382 e. The van der Waals surface area contributed by atoms with Crippen LogP contribution in [0.1, 0.15) is 0 Å². The van der Waals surface area contributed by atoms with E-state index in [4.69, 9.17) is 21.1 Å². The van der Waals surface area contributed by atoms with Gasteiger partial charge in [0.05, 0.1) is 19.8 Å². The van der Waals surface area contributed by atoms with Gasteiger partial charge in [-0.3, -0.25) is 0 Å². The second-order valence-corrected chi connectivity index (χ2v) is 4.61. The molecular weight excluding hydrogens is 218 g/mol. The lowest BCUT2D eigenvalue weighted by Crippen LogP contribution is -2.28. The molecule has 0 radical (unpaired) electrons. The van der Waals surface area contributed by atoms with E-state index in [0.29, 0.717) is 19.8 Å². The SMILES string of the molecule is COCCOCCNS(=O)(=O)CCl. The number of sulfonamides is 1. The Morgan fingerprint density at radius 1 is 1.31 bits per heavy atom. The van der Waals surface area contributed by atoms with Crippen LogP contribution in [0.15, 0.2) is 0 Å². The topological polar surface area (TPSA) is 64.6 Å². The van der Waals surface area contributed by atoms with Gasteiger partial charge in [-0.05, 0) is 0 Å². The molecule has 13 heavy (non-hydrogen) atoms. The van der Waals surface area contributed by atoms with E-state index < -0.39 is 15.2 Å². The second kappa shape index (κ2) is 7.52. The summed E-state index contributed by atoms with van der Waals surface area (Å²) in [6.45, 7) is 1.51. The highest BCUT2D eigenvalue weighted by Gasteiger charge is 2.05. The van der Waals surface area contributed by atoms with Crippen LogP contribution in [0.3, 0.4) is 0 Å². The van der Waals surface area contributed by atoms with E-state index in [1.165, 1.54) is 0 Å². The first kappa shape index (κ1) is 13.1. The van der Waals surface area contributed by atoms with Gasteiger partial charge in [-0.25, -0.2) is 13.1 Å². The number of nitrogens with one attached hydrogen (secondary N) is 1. The zero-order chi connectivity index (χ0) is 10.2. The van der Waals surface area contributed by atoms with Crippen LogP contribution in [0.5, 0.6) is 0 Å². The van der Waals surface area contributed by atoms with E-state index in [-0.39, 0.29) is 6.54 Å². The van der Waals surface area contributed by atoms with Gasteiger partial charge in [0.25, 0.3) is 0 Å². The average molecular weight is 232 g/mol. The van der Waals surface area contributed by atoms with Crippen molar-refractivity contribution in [3.63, 3.8) is 0 Å². The molecule has 0 heterocycles. The maximum atomic E-state index is 10.8. The molecule has 0 unspecified atom stereocenters. The van der Waals surface area contributed by atoms with Crippen molar-refractivity contribution >= 4 is 21.6 Å². The third-order valence-corrected chi connectivity index (χ3v) is 2.94. The molecule has 0 fully saturated rings. The third-order valence-electron chi connectivity index (χ3n) is 1.14. The summed E-state index contributed by atoms with van der Waals surface area (Å²) >= 11 is 5.14. The van der Waals surface area contributed by atoms with Gasteiger partial charge < -0.3 is 9.47 Å². The van der Waals surface area contributed by atoms with E-state index in [2.05, 4.69) is 4.72 Å². The number of alkyl halides is 1. The molecule has 0 saturated heterocycles. The first-order valence-corrected chi connectivity index (χ1v) is 5.91. The summed E-state index contributed by atoms with van der Waals surface area (Å²) in [6.07, 6.45) is 0. The van der Waals surface area contributed by atoms with Crippen molar-refractivity contribution in [1.82, 2.24) is 4.72 Å². The zero-order valence-electron chi connectivity index (χ0n) is 7.45. The highest BCUT2D eigenvalue weighted by atomic mass is 35.5. The Hall–Kier alpha value is 0.120. The highest BCUT2D eigenvalue weighted by molar-refractivity contribution is 7.90. The van der Waals surface area contributed by atoms with Gasteiger partial charge in [0.1, 0.15) is 5.21 Å². The number of ether oxygens (including phenoxy) is 2. The highest BCUT2D eigenvalue weighted by Crippen LogP contribution is 1.86. The van der Waals surface area contributed by atoms with Crippen molar-refractivity contribution in [3.05, 3.63) is 0 Å². The van der Waals surface area contributed by atoms with E-state index in [1.54, 1.807) is 7.11 Å². The van der Waals surface area contributed by atoms with E-state index in [0.717, 1.165) is 0 Å². The average Bonchev–Trinajstić information content (AvgIpc) is 2.11. The van der Waals surface area contributed by atoms with Crippen molar-refractivity contribution in [2.24, 2.45) is 0 Å². The number of halogens is 1. The number of rotatable bonds is 8. The molecule has 0 aromatic heterocycles. The zero-order valence-corrected chi connectivity index (χ0v) is 9.03. The molecule has 0 aliphatic heterocycles. The van der Waals surface area contributed by atoms with Crippen LogP contribution >= 0.6 is 11.6 Å². The largest absolute Gasteiger partial charge is 0.382 e. The molecule has 0 aliphatic rings. The second-order valence-electron chi connectivity index (χ2n) is 2.22. The standard InChI is InChI=1S/C6H14ClNO4S/c1-11-4-5-12-3-2-8-13(9,10)6-7/h8H,2-6H2,1H3. The fourth-order valence-electron chi connectivity index (χ4n) is 0.552. The van der Waals surface area contributed by atoms with Gasteiger partial charge in [0, 0.05) is 13.7 Å². The van der Waals surface area contributed by atoms with Crippen molar-refractivity contribution in [3.8, 4) is 0 Å². The fraction of sp³-hybridized carbons (Fsp3) is 1.00. The molecule has 0 aromatic rings. The molecule has 0 bridgehead atoms. The molecule has 5 nitrogen and oxygen atoms in total. The fourth-order valence-corrected chi connectivity index (χ4v) is 1.26. The van der Waals surface area contributed by atoms with Gasteiger partial charge >= 0.3 is 0 Å². The minimum absolute atomic E-state index is 0.235. The molecule has 0 atom stereocenters. The molecule has 0 amide bonds. The Labute approximate surface area is 83.4 Å². The normalized spacial score (nSPS) is 11.8. The summed E-state index contributed by atoms with van der Waals surface area (Å²) in [5, 5.41) is -0.426. The number of methoxy groups -OCH3 is 1. The van der Waals surface area contributed by atoms with Gasteiger partial charge in [0.15, 0.2) is 0 Å². The maximum Gasteiger partial charge on any atom is 0.225 e. The minimum atomic E-state index is -3.31. The van der Waals surface area contributed by atoms with Crippen LogP contribution in [0.25, 0.3) is 0 Å². The maximum absolute atomic E-state index is 10.8. The van der Waals surface area contributed by atoms with Crippen molar-refractivity contribution < 1.29 is 17.9 Å². The van der Waals surface area contributed by atoms with Crippen molar-refractivity contribution in [1.29, 1.82) is 0 Å². The summed E-state index contributed by atoms with van der Waals surface area (Å²) in [7, 11) is -1.74.